The molecule has 0 saturated carbocycles. The van der Waals surface area contributed by atoms with Crippen LogP contribution in [0.1, 0.15) is 32.4 Å². The second-order valence-corrected chi connectivity index (χ2v) is 7.75. The summed E-state index contributed by atoms with van der Waals surface area (Å²) in [4.78, 5) is 2.61. The summed E-state index contributed by atoms with van der Waals surface area (Å²) in [6.45, 7) is 9.74. The molecular formula is C16H24ClF3N2S. The highest BCUT2D eigenvalue weighted by molar-refractivity contribution is 8.00. The number of benzene rings is 1. The Morgan fingerprint density at radius 3 is 2.17 bits per heavy atom. The van der Waals surface area contributed by atoms with Crippen molar-refractivity contribution in [1.82, 2.24) is 10.2 Å². The molecular weight excluding hydrogens is 345 g/mol. The third-order valence-corrected chi connectivity index (χ3v) is 4.60. The predicted molar refractivity (Wildman–Crippen MR) is 92.2 cm³/mol. The highest BCUT2D eigenvalue weighted by Crippen LogP contribution is 2.45. The van der Waals surface area contributed by atoms with E-state index in [2.05, 4.69) is 31.0 Å². The standard InChI is InChI=1S/C16H23F3N2S.ClH/c1-15(2,3)14(21-10-8-20-9-11-21)12-6-4-5-7-13(12)22-16(17,18)19;/h4-7,14,20H,8-11H2,1-3H3;1H/t14-;/m0./s1. The lowest BCUT2D eigenvalue weighted by atomic mass is 9.81. The Kier molecular flexibility index (Phi) is 7.26. The van der Waals surface area contributed by atoms with Gasteiger partial charge in [-0.1, -0.05) is 39.0 Å². The van der Waals surface area contributed by atoms with Gasteiger partial charge in [0.15, 0.2) is 0 Å². The molecule has 1 N–H and O–H groups in total. The maximum atomic E-state index is 12.9. The van der Waals surface area contributed by atoms with Crippen LogP contribution in [0.2, 0.25) is 0 Å². The van der Waals surface area contributed by atoms with Crippen molar-refractivity contribution in [2.24, 2.45) is 5.41 Å². The molecule has 1 heterocycles. The lowest BCUT2D eigenvalue weighted by Gasteiger charge is -2.43. The van der Waals surface area contributed by atoms with Crippen LogP contribution in [-0.2, 0) is 0 Å². The molecule has 0 aliphatic carbocycles. The number of alkyl halides is 3. The minimum absolute atomic E-state index is 0. The highest BCUT2D eigenvalue weighted by atomic mass is 35.5. The minimum Gasteiger partial charge on any atom is -0.314 e. The largest absolute Gasteiger partial charge is 0.446 e. The van der Waals surface area contributed by atoms with Gasteiger partial charge in [-0.3, -0.25) is 4.90 Å². The molecule has 0 unspecified atom stereocenters. The molecule has 0 bridgehead atoms. The monoisotopic (exact) mass is 368 g/mol. The molecule has 0 radical (unpaired) electrons. The molecule has 1 aromatic rings. The van der Waals surface area contributed by atoms with E-state index >= 15 is 0 Å². The Bertz CT molecular complexity index is 497. The number of nitrogens with zero attached hydrogens (tertiary/aromatic N) is 1. The maximum Gasteiger partial charge on any atom is 0.446 e. The van der Waals surface area contributed by atoms with Crippen molar-refractivity contribution >= 4 is 24.2 Å². The van der Waals surface area contributed by atoms with Crippen LogP contribution in [0.15, 0.2) is 29.2 Å². The van der Waals surface area contributed by atoms with Crippen LogP contribution in [-0.4, -0.2) is 36.6 Å². The third kappa shape index (κ3) is 5.85. The van der Waals surface area contributed by atoms with Crippen molar-refractivity contribution in [2.45, 2.75) is 37.2 Å². The molecule has 0 aromatic heterocycles. The van der Waals surface area contributed by atoms with E-state index in [9.17, 15) is 13.2 Å². The molecule has 1 fully saturated rings. The van der Waals surface area contributed by atoms with Gasteiger partial charge >= 0.3 is 5.51 Å². The first kappa shape index (κ1) is 20.6. The van der Waals surface area contributed by atoms with Crippen LogP contribution >= 0.6 is 24.2 Å². The van der Waals surface area contributed by atoms with Crippen molar-refractivity contribution < 1.29 is 13.2 Å². The minimum atomic E-state index is -4.26. The lowest BCUT2D eigenvalue weighted by molar-refractivity contribution is -0.0329. The summed E-state index contributed by atoms with van der Waals surface area (Å²) >= 11 is -0.00649. The fourth-order valence-electron chi connectivity index (χ4n) is 3.08. The van der Waals surface area contributed by atoms with Gasteiger partial charge in [0.2, 0.25) is 0 Å². The van der Waals surface area contributed by atoms with Gasteiger partial charge in [0.25, 0.3) is 0 Å². The van der Waals surface area contributed by atoms with E-state index in [1.54, 1.807) is 12.1 Å². The van der Waals surface area contributed by atoms with Gasteiger partial charge in [-0.05, 0) is 28.8 Å². The lowest BCUT2D eigenvalue weighted by Crippen LogP contribution is -2.48. The van der Waals surface area contributed by atoms with Gasteiger partial charge in [-0.15, -0.1) is 12.4 Å². The summed E-state index contributed by atoms with van der Waals surface area (Å²) in [6.07, 6.45) is 0. The molecule has 1 atom stereocenters. The van der Waals surface area contributed by atoms with E-state index in [-0.39, 0.29) is 35.6 Å². The molecule has 2 rings (SSSR count). The Morgan fingerprint density at radius 1 is 1.09 bits per heavy atom. The third-order valence-electron chi connectivity index (χ3n) is 3.78. The van der Waals surface area contributed by atoms with Crippen LogP contribution in [0.5, 0.6) is 0 Å². The summed E-state index contributed by atoms with van der Waals surface area (Å²) in [5.74, 6) is 0. The smallest absolute Gasteiger partial charge is 0.314 e. The second-order valence-electron chi connectivity index (χ2n) is 6.64. The van der Waals surface area contributed by atoms with Crippen molar-refractivity contribution in [3.63, 3.8) is 0 Å². The zero-order valence-corrected chi connectivity index (χ0v) is 15.2. The molecule has 0 spiro atoms. The number of halogens is 4. The normalized spacial score (nSPS) is 18.3. The zero-order chi connectivity index (χ0) is 16.4. The molecule has 7 heteroatoms. The summed E-state index contributed by atoms with van der Waals surface area (Å²) in [7, 11) is 0. The molecule has 1 aliphatic heterocycles. The number of piperazine rings is 1. The van der Waals surface area contributed by atoms with Crippen LogP contribution in [0.3, 0.4) is 0 Å². The summed E-state index contributed by atoms with van der Waals surface area (Å²) in [6, 6.07) is 6.90. The maximum absolute atomic E-state index is 12.9. The van der Waals surface area contributed by atoms with Gasteiger partial charge in [0.1, 0.15) is 0 Å². The van der Waals surface area contributed by atoms with Gasteiger partial charge in [-0.2, -0.15) is 13.2 Å². The summed E-state index contributed by atoms with van der Waals surface area (Å²) in [5.41, 5.74) is -3.62. The summed E-state index contributed by atoms with van der Waals surface area (Å²) in [5, 5.41) is 3.30. The number of nitrogens with one attached hydrogen (secondary N) is 1. The first-order valence-corrected chi connectivity index (χ1v) is 8.29. The molecule has 132 valence electrons. The molecule has 1 aromatic carbocycles. The first-order valence-electron chi connectivity index (χ1n) is 7.48. The first-order chi connectivity index (χ1) is 10.2. The Morgan fingerprint density at radius 2 is 1.65 bits per heavy atom. The van der Waals surface area contributed by atoms with Crippen molar-refractivity contribution in [3.05, 3.63) is 29.8 Å². The second kappa shape index (κ2) is 8.10. The molecule has 2 nitrogen and oxygen atoms in total. The summed E-state index contributed by atoms with van der Waals surface area (Å²) < 4.78 is 38.6. The van der Waals surface area contributed by atoms with Gasteiger partial charge < -0.3 is 5.32 Å². The number of hydrogen-bond acceptors (Lipinski definition) is 3. The predicted octanol–water partition coefficient (Wildman–Crippen LogP) is 4.71. The van der Waals surface area contributed by atoms with E-state index in [4.69, 9.17) is 0 Å². The van der Waals surface area contributed by atoms with Gasteiger partial charge in [0, 0.05) is 37.1 Å². The van der Waals surface area contributed by atoms with Crippen LogP contribution in [0.25, 0.3) is 0 Å². The van der Waals surface area contributed by atoms with Gasteiger partial charge in [-0.25, -0.2) is 0 Å². The SMILES string of the molecule is CC(C)(C)[C@H](c1ccccc1SC(F)(F)F)N1CCNCC1.Cl. The van der Waals surface area contributed by atoms with Crippen LogP contribution in [0.4, 0.5) is 13.2 Å². The van der Waals surface area contributed by atoms with Gasteiger partial charge in [0.05, 0.1) is 0 Å². The van der Waals surface area contributed by atoms with E-state index < -0.39 is 5.51 Å². The molecule has 23 heavy (non-hydrogen) atoms. The Hall–Kier alpha value is -0.430. The topological polar surface area (TPSA) is 15.3 Å². The number of hydrogen-bond donors (Lipinski definition) is 1. The molecule has 1 saturated heterocycles. The van der Waals surface area contributed by atoms with E-state index in [0.717, 1.165) is 31.7 Å². The fourth-order valence-corrected chi connectivity index (χ4v) is 3.77. The van der Waals surface area contributed by atoms with Crippen molar-refractivity contribution in [3.8, 4) is 0 Å². The van der Waals surface area contributed by atoms with Crippen LogP contribution in [0, 0.1) is 5.41 Å². The van der Waals surface area contributed by atoms with E-state index in [0.29, 0.717) is 4.90 Å². The van der Waals surface area contributed by atoms with Crippen molar-refractivity contribution in [1.29, 1.82) is 0 Å². The average molecular weight is 369 g/mol. The molecule has 0 amide bonds. The van der Waals surface area contributed by atoms with E-state index in [1.165, 1.54) is 0 Å². The van der Waals surface area contributed by atoms with Crippen molar-refractivity contribution in [2.75, 3.05) is 26.2 Å². The average Bonchev–Trinajstić information content (AvgIpc) is 2.39. The van der Waals surface area contributed by atoms with E-state index in [1.807, 2.05) is 12.1 Å². The van der Waals surface area contributed by atoms with Crippen LogP contribution < -0.4 is 5.32 Å². The molecule has 1 aliphatic rings. The zero-order valence-electron chi connectivity index (χ0n) is 13.6. The Balaban J connectivity index is 0.00000264. The quantitative estimate of drug-likeness (QED) is 0.777. The highest BCUT2D eigenvalue weighted by Gasteiger charge is 2.37. The number of thioether (sulfide) groups is 1. The Labute approximate surface area is 146 Å². The number of rotatable bonds is 3. The fraction of sp³-hybridized carbons (Fsp3) is 0.625.